The fraction of sp³-hybridized carbons (Fsp3) is 0.286. The van der Waals surface area contributed by atoms with Crippen molar-refractivity contribution >= 4 is 12.1 Å². The summed E-state index contributed by atoms with van der Waals surface area (Å²) >= 11 is 0. The smallest absolute Gasteiger partial charge is 0.0958 e. The summed E-state index contributed by atoms with van der Waals surface area (Å²) in [5, 5.41) is 6.04. The number of rotatable bonds is 9. The predicted octanol–water partition coefficient (Wildman–Crippen LogP) is 8.78. The minimum absolute atomic E-state index is 0. The van der Waals surface area contributed by atoms with E-state index in [4.69, 9.17) is 6.58 Å². The van der Waals surface area contributed by atoms with Gasteiger partial charge in [-0.25, -0.2) is 12.6 Å². The summed E-state index contributed by atoms with van der Waals surface area (Å²) in [6.45, 7) is 18.7. The fourth-order valence-corrected chi connectivity index (χ4v) is 3.25. The fourth-order valence-electron chi connectivity index (χ4n) is 3.25. The maximum Gasteiger partial charge on any atom is 0.0958 e. The molecule has 4 nitrogen and oxygen atoms in total. The average molecular weight is 617 g/mol. The predicted molar refractivity (Wildman–Crippen MR) is 172 cm³/mol. The van der Waals surface area contributed by atoms with Gasteiger partial charge in [-0.3, -0.25) is 6.58 Å². The molecule has 0 spiro atoms. The molecule has 3 aromatic rings. The van der Waals surface area contributed by atoms with E-state index in [0.717, 1.165) is 18.4 Å². The van der Waals surface area contributed by atoms with E-state index in [-0.39, 0.29) is 52.1 Å². The first kappa shape index (κ1) is 41.8. The molecule has 0 aliphatic carbocycles. The summed E-state index contributed by atoms with van der Waals surface area (Å²) in [5.74, 6) is -0.0747. The molecule has 0 bridgehead atoms. The number of hydrogen-bond donors (Lipinski definition) is 2. The molecule has 1 radical (unpaired) electrons. The molecule has 0 heterocycles. The second-order valence-corrected chi connectivity index (χ2v) is 8.40. The van der Waals surface area contributed by atoms with E-state index >= 15 is 0 Å². The normalized spacial score (nSPS) is 10.7. The molecule has 5 heteroatoms. The Kier molecular flexibility index (Phi) is 29.2. The second-order valence-electron chi connectivity index (χ2n) is 8.40. The number of hydrogen-bond acceptors (Lipinski definition) is 3. The van der Waals surface area contributed by atoms with Crippen LogP contribution in [0.3, 0.4) is 0 Å². The van der Waals surface area contributed by atoms with Gasteiger partial charge in [-0.1, -0.05) is 125 Å². The van der Waals surface area contributed by atoms with Gasteiger partial charge in [0.05, 0.1) is 5.91 Å². The van der Waals surface area contributed by atoms with Gasteiger partial charge in [-0.15, -0.1) is 6.21 Å². The molecule has 217 valence electrons. The standard InChI is InChI=1S/C15H23N2O.C13H12.C4H5N.C2H6.CH3.Y/c1-4-8-12(2)16-11-15(18)17-13(3)14-9-6-5-7-10-14;1-11-7-9-13(10-8-11)12-5-3-2-4-6-12;1-3-4-5-2;1-2;;/h5-7,9-13,16H,4,8H2,1-3H3,(H,17,18);2-10H,1H3;1,3-4H,2H2;1-2H3;1H3;/q-1;;-2;;-1;/t12?,13-;;;;;/m0...../s1. The summed E-state index contributed by atoms with van der Waals surface area (Å²) in [5.41, 5.74) is 4.98. The number of benzene rings is 3. The van der Waals surface area contributed by atoms with Gasteiger partial charge in [0.2, 0.25) is 0 Å². The van der Waals surface area contributed by atoms with E-state index in [2.05, 4.69) is 92.0 Å². The van der Waals surface area contributed by atoms with Crippen LogP contribution < -0.4 is 10.6 Å². The monoisotopic (exact) mass is 616 g/mol. The van der Waals surface area contributed by atoms with Crippen molar-refractivity contribution in [2.24, 2.45) is 4.99 Å². The zero-order valence-corrected chi connectivity index (χ0v) is 28.4. The summed E-state index contributed by atoms with van der Waals surface area (Å²) in [7, 11) is 3.13. The van der Waals surface area contributed by atoms with Crippen molar-refractivity contribution in [3.63, 3.8) is 0 Å². The van der Waals surface area contributed by atoms with E-state index in [0.29, 0.717) is 6.04 Å². The van der Waals surface area contributed by atoms with E-state index < -0.39 is 0 Å². The topological polar surface area (TPSA) is 53.5 Å². The van der Waals surface area contributed by atoms with Gasteiger partial charge in [-0.05, 0) is 43.0 Å². The average Bonchev–Trinajstić information content (AvgIpc) is 2.96. The number of amides is 1. The number of aliphatic imine (C=N–C) groups is 1. The van der Waals surface area contributed by atoms with Crippen molar-refractivity contribution in [1.82, 2.24) is 10.6 Å². The molecule has 2 atom stereocenters. The second kappa shape index (κ2) is 27.9. The van der Waals surface area contributed by atoms with Gasteiger partial charge < -0.3 is 27.8 Å². The van der Waals surface area contributed by atoms with E-state index in [1.807, 2.05) is 57.2 Å². The molecular weight excluding hydrogens is 567 g/mol. The zero-order valence-electron chi connectivity index (χ0n) is 25.6. The molecule has 1 amide bonds. The van der Waals surface area contributed by atoms with Crippen molar-refractivity contribution in [3.05, 3.63) is 130 Å². The summed E-state index contributed by atoms with van der Waals surface area (Å²) in [6, 6.07) is 29.3. The molecule has 0 aromatic heterocycles. The summed E-state index contributed by atoms with van der Waals surface area (Å²) < 4.78 is 0. The molecule has 0 aliphatic rings. The van der Waals surface area contributed by atoms with E-state index in [1.165, 1.54) is 35.5 Å². The molecule has 1 unspecified atom stereocenters. The maximum atomic E-state index is 11.7. The van der Waals surface area contributed by atoms with Gasteiger partial charge in [0.15, 0.2) is 0 Å². The SMILES string of the molecule is CC.CCCC(C)N[CH-]C(=O)N[C@@H](C)c1ccccc1.Cc1ccc(-c2ccccc2)cc1.[CH-]=CC=N[CH2-].[CH3-].[Y]. The Bertz CT molecular complexity index is 1010. The van der Waals surface area contributed by atoms with Gasteiger partial charge in [0, 0.05) is 38.8 Å². The van der Waals surface area contributed by atoms with Crippen LogP contribution in [0.1, 0.15) is 64.6 Å². The van der Waals surface area contributed by atoms with Crippen LogP contribution >= 0.6 is 0 Å². The van der Waals surface area contributed by atoms with Crippen LogP contribution in [0.4, 0.5) is 0 Å². The Morgan fingerprint density at radius 1 is 0.950 bits per heavy atom. The molecular formula is C35H49N3OY-4. The largest absolute Gasteiger partial charge is 0.459 e. The molecule has 0 aliphatic heterocycles. The van der Waals surface area contributed by atoms with Gasteiger partial charge in [0.1, 0.15) is 0 Å². The van der Waals surface area contributed by atoms with Crippen molar-refractivity contribution < 1.29 is 37.5 Å². The number of aryl methyl sites for hydroxylation is 1. The number of allylic oxidation sites excluding steroid dienone is 1. The first-order valence-corrected chi connectivity index (χ1v) is 13.3. The number of nitrogens with zero attached hydrogens (tertiary/aromatic N) is 1. The van der Waals surface area contributed by atoms with E-state index in [1.54, 1.807) is 0 Å². The van der Waals surface area contributed by atoms with Crippen LogP contribution in [0, 0.1) is 34.5 Å². The van der Waals surface area contributed by atoms with Gasteiger partial charge in [0.25, 0.3) is 0 Å². The molecule has 3 aromatic carbocycles. The van der Waals surface area contributed by atoms with Gasteiger partial charge in [-0.2, -0.15) is 7.05 Å². The van der Waals surface area contributed by atoms with E-state index in [9.17, 15) is 4.79 Å². The van der Waals surface area contributed by atoms with Crippen molar-refractivity contribution in [1.29, 1.82) is 0 Å². The summed E-state index contributed by atoms with van der Waals surface area (Å²) in [6.07, 6.45) is 4.93. The summed E-state index contributed by atoms with van der Waals surface area (Å²) in [4.78, 5) is 15.0. The van der Waals surface area contributed by atoms with Gasteiger partial charge >= 0.3 is 0 Å². The number of carbonyl (C=O) groups excluding carboxylic acids is 1. The minimum atomic E-state index is -0.0747. The Morgan fingerprint density at radius 2 is 1.45 bits per heavy atom. The third-order valence-electron chi connectivity index (χ3n) is 5.23. The van der Waals surface area contributed by atoms with Crippen LogP contribution in [-0.2, 0) is 37.5 Å². The molecule has 0 fully saturated rings. The van der Waals surface area contributed by atoms with Crippen molar-refractivity contribution in [2.75, 3.05) is 0 Å². The Morgan fingerprint density at radius 3 is 1.90 bits per heavy atom. The Labute approximate surface area is 271 Å². The molecule has 40 heavy (non-hydrogen) atoms. The van der Waals surface area contributed by atoms with Crippen LogP contribution in [0.25, 0.3) is 11.1 Å². The molecule has 2 N–H and O–H groups in total. The van der Waals surface area contributed by atoms with Crippen molar-refractivity contribution in [2.45, 2.75) is 66.5 Å². The van der Waals surface area contributed by atoms with Crippen LogP contribution in [-0.4, -0.2) is 18.2 Å². The minimum Gasteiger partial charge on any atom is -0.459 e. The first-order chi connectivity index (χ1) is 18.4. The molecule has 3 rings (SSSR count). The number of nitrogens with one attached hydrogen (secondary N) is 2. The van der Waals surface area contributed by atoms with Crippen LogP contribution in [0.5, 0.6) is 0 Å². The Balaban J connectivity index is -0.000000547. The molecule has 0 saturated carbocycles. The maximum absolute atomic E-state index is 11.7. The van der Waals surface area contributed by atoms with Crippen LogP contribution in [0.15, 0.2) is 96.0 Å². The zero-order chi connectivity index (χ0) is 28.6. The third kappa shape index (κ3) is 20.3. The van der Waals surface area contributed by atoms with Crippen molar-refractivity contribution in [3.8, 4) is 11.1 Å². The molecule has 0 saturated heterocycles. The third-order valence-corrected chi connectivity index (χ3v) is 5.23. The quantitative estimate of drug-likeness (QED) is 0.187. The Hall–Kier alpha value is -2.66. The first-order valence-electron chi connectivity index (χ1n) is 13.3. The number of carbonyl (C=O) groups is 1. The van der Waals surface area contributed by atoms with Crippen LogP contribution in [0.2, 0.25) is 0 Å².